The second-order valence-corrected chi connectivity index (χ2v) is 4.68. The molecule has 0 saturated heterocycles. The Kier molecular flexibility index (Phi) is 3.76. The van der Waals surface area contributed by atoms with E-state index in [1.54, 1.807) is 18.2 Å². The molecule has 0 heterocycles. The van der Waals surface area contributed by atoms with Gasteiger partial charge in [0.15, 0.2) is 0 Å². The van der Waals surface area contributed by atoms with Gasteiger partial charge >= 0.3 is 0 Å². The van der Waals surface area contributed by atoms with E-state index in [2.05, 4.69) is 11.4 Å². The third-order valence-corrected chi connectivity index (χ3v) is 3.29. The lowest BCUT2D eigenvalue weighted by atomic mass is 10.1. The summed E-state index contributed by atoms with van der Waals surface area (Å²) in [5.74, 6) is 0. The number of benzene rings is 2. The molecule has 0 aliphatic carbocycles. The van der Waals surface area contributed by atoms with E-state index in [-0.39, 0.29) is 0 Å². The number of halogens is 2. The van der Waals surface area contributed by atoms with Crippen molar-refractivity contribution in [3.63, 3.8) is 0 Å². The Bertz CT molecular complexity index is 630. The van der Waals surface area contributed by atoms with Gasteiger partial charge in [-0.3, -0.25) is 0 Å². The minimum Gasteiger partial charge on any atom is -0.353 e. The lowest BCUT2D eigenvalue weighted by Crippen LogP contribution is -1.94. The first-order valence-corrected chi connectivity index (χ1v) is 6.09. The first-order chi connectivity index (χ1) is 8.61. The molecule has 1 N–H and O–H groups in total. The molecule has 0 radical (unpaired) electrons. The van der Waals surface area contributed by atoms with Gasteiger partial charge in [0.2, 0.25) is 0 Å². The van der Waals surface area contributed by atoms with Crippen LogP contribution in [0.1, 0.15) is 11.1 Å². The Morgan fingerprint density at radius 1 is 1.06 bits per heavy atom. The van der Waals surface area contributed by atoms with E-state index in [0.717, 1.165) is 5.56 Å². The van der Waals surface area contributed by atoms with Crippen LogP contribution in [0.4, 0.5) is 11.4 Å². The van der Waals surface area contributed by atoms with Crippen molar-refractivity contribution < 1.29 is 0 Å². The van der Waals surface area contributed by atoms with E-state index in [1.165, 1.54) is 0 Å². The van der Waals surface area contributed by atoms with E-state index < -0.39 is 0 Å². The Morgan fingerprint density at radius 3 is 2.50 bits per heavy atom. The van der Waals surface area contributed by atoms with Gasteiger partial charge in [0.1, 0.15) is 6.07 Å². The molecule has 0 saturated carbocycles. The summed E-state index contributed by atoms with van der Waals surface area (Å²) >= 11 is 12.2. The Labute approximate surface area is 116 Å². The number of para-hydroxylation sites is 1. The maximum atomic E-state index is 9.02. The molecule has 0 fully saturated rings. The standard InChI is InChI=1S/C14H10Cl2N2/c1-9-6-12(16)14(7-11(9)15)18-13-5-3-2-4-10(13)8-17/h2-7,18H,1H3. The van der Waals surface area contributed by atoms with E-state index in [0.29, 0.717) is 27.0 Å². The van der Waals surface area contributed by atoms with Crippen LogP contribution in [0.3, 0.4) is 0 Å². The van der Waals surface area contributed by atoms with Crippen LogP contribution in [0, 0.1) is 18.3 Å². The van der Waals surface area contributed by atoms with Gasteiger partial charge in [-0.05, 0) is 36.8 Å². The number of nitrogens with one attached hydrogen (secondary N) is 1. The molecular formula is C14H10Cl2N2. The van der Waals surface area contributed by atoms with Gasteiger partial charge < -0.3 is 5.32 Å². The molecule has 0 aliphatic rings. The molecule has 0 spiro atoms. The summed E-state index contributed by atoms with van der Waals surface area (Å²) in [7, 11) is 0. The molecule has 0 bridgehead atoms. The van der Waals surface area contributed by atoms with Gasteiger partial charge in [-0.15, -0.1) is 0 Å². The number of rotatable bonds is 2. The van der Waals surface area contributed by atoms with E-state index in [1.807, 2.05) is 25.1 Å². The number of nitriles is 1. The molecule has 4 heteroatoms. The van der Waals surface area contributed by atoms with Crippen LogP contribution in [0.15, 0.2) is 36.4 Å². The monoisotopic (exact) mass is 276 g/mol. The molecule has 2 nitrogen and oxygen atoms in total. The van der Waals surface area contributed by atoms with Crippen LogP contribution in [0.25, 0.3) is 0 Å². The molecule has 18 heavy (non-hydrogen) atoms. The summed E-state index contributed by atoms with van der Waals surface area (Å²) in [6.07, 6.45) is 0. The van der Waals surface area contributed by atoms with Gasteiger partial charge in [-0.25, -0.2) is 0 Å². The molecule has 0 atom stereocenters. The van der Waals surface area contributed by atoms with Crippen LogP contribution in [-0.2, 0) is 0 Å². The van der Waals surface area contributed by atoms with Gasteiger partial charge in [-0.2, -0.15) is 5.26 Å². The molecule has 0 unspecified atom stereocenters. The van der Waals surface area contributed by atoms with Crippen molar-refractivity contribution in [2.24, 2.45) is 0 Å². The highest BCUT2D eigenvalue weighted by atomic mass is 35.5. The Hall–Kier alpha value is -1.69. The zero-order valence-corrected chi connectivity index (χ0v) is 11.2. The summed E-state index contributed by atoms with van der Waals surface area (Å²) in [5.41, 5.74) is 2.88. The SMILES string of the molecule is Cc1cc(Cl)c(Nc2ccccc2C#N)cc1Cl. The van der Waals surface area contributed by atoms with Crippen LogP contribution in [0.2, 0.25) is 10.0 Å². The first kappa shape index (κ1) is 12.8. The van der Waals surface area contributed by atoms with E-state index >= 15 is 0 Å². The van der Waals surface area contributed by atoms with Crippen molar-refractivity contribution in [3.05, 3.63) is 57.6 Å². The molecule has 2 aromatic carbocycles. The molecule has 0 aromatic heterocycles. The molecule has 0 amide bonds. The zero-order chi connectivity index (χ0) is 13.1. The Balaban J connectivity index is 2.41. The summed E-state index contributed by atoms with van der Waals surface area (Å²) in [5, 5.41) is 13.3. The first-order valence-electron chi connectivity index (χ1n) is 5.33. The van der Waals surface area contributed by atoms with Gasteiger partial charge in [-0.1, -0.05) is 35.3 Å². The second-order valence-electron chi connectivity index (χ2n) is 3.86. The number of nitrogens with zero attached hydrogens (tertiary/aromatic N) is 1. The number of hydrogen-bond donors (Lipinski definition) is 1. The molecule has 90 valence electrons. The minimum atomic E-state index is 0.560. The summed E-state index contributed by atoms with van der Waals surface area (Å²) in [6.45, 7) is 1.89. The fourth-order valence-corrected chi connectivity index (χ4v) is 2.01. The summed E-state index contributed by atoms with van der Waals surface area (Å²) in [6, 6.07) is 12.9. The highest BCUT2D eigenvalue weighted by molar-refractivity contribution is 6.35. The predicted molar refractivity (Wildman–Crippen MR) is 75.6 cm³/mol. The van der Waals surface area contributed by atoms with Crippen molar-refractivity contribution in [1.29, 1.82) is 5.26 Å². The average molecular weight is 277 g/mol. The topological polar surface area (TPSA) is 35.8 Å². The van der Waals surface area contributed by atoms with Gasteiger partial charge in [0, 0.05) is 5.02 Å². The van der Waals surface area contributed by atoms with Crippen LogP contribution in [-0.4, -0.2) is 0 Å². The largest absolute Gasteiger partial charge is 0.353 e. The zero-order valence-electron chi connectivity index (χ0n) is 9.67. The van der Waals surface area contributed by atoms with Gasteiger partial charge in [0.05, 0.1) is 22.0 Å². The van der Waals surface area contributed by atoms with Gasteiger partial charge in [0.25, 0.3) is 0 Å². The lowest BCUT2D eigenvalue weighted by molar-refractivity contribution is 1.43. The fraction of sp³-hybridized carbons (Fsp3) is 0.0714. The third kappa shape index (κ3) is 2.59. The molecule has 2 rings (SSSR count). The van der Waals surface area contributed by atoms with Crippen molar-refractivity contribution in [2.75, 3.05) is 5.32 Å². The lowest BCUT2D eigenvalue weighted by Gasteiger charge is -2.11. The highest BCUT2D eigenvalue weighted by Crippen LogP contribution is 2.31. The third-order valence-electron chi connectivity index (χ3n) is 2.57. The van der Waals surface area contributed by atoms with Crippen molar-refractivity contribution in [1.82, 2.24) is 0 Å². The number of anilines is 2. The van der Waals surface area contributed by atoms with Crippen LogP contribution >= 0.6 is 23.2 Å². The normalized spacial score (nSPS) is 9.89. The molecule has 2 aromatic rings. The highest BCUT2D eigenvalue weighted by Gasteiger charge is 2.07. The molecule has 0 aliphatic heterocycles. The van der Waals surface area contributed by atoms with E-state index in [9.17, 15) is 0 Å². The maximum absolute atomic E-state index is 9.02. The fourth-order valence-electron chi connectivity index (χ4n) is 1.58. The van der Waals surface area contributed by atoms with E-state index in [4.69, 9.17) is 28.5 Å². The second kappa shape index (κ2) is 5.30. The van der Waals surface area contributed by atoms with Crippen LogP contribution < -0.4 is 5.32 Å². The smallest absolute Gasteiger partial charge is 0.101 e. The average Bonchev–Trinajstić information content (AvgIpc) is 2.36. The van der Waals surface area contributed by atoms with Crippen molar-refractivity contribution in [2.45, 2.75) is 6.92 Å². The van der Waals surface area contributed by atoms with Crippen molar-refractivity contribution >= 4 is 34.6 Å². The summed E-state index contributed by atoms with van der Waals surface area (Å²) in [4.78, 5) is 0. The minimum absolute atomic E-state index is 0.560. The Morgan fingerprint density at radius 2 is 1.78 bits per heavy atom. The summed E-state index contributed by atoms with van der Waals surface area (Å²) < 4.78 is 0. The number of hydrogen-bond acceptors (Lipinski definition) is 2. The number of aryl methyl sites for hydroxylation is 1. The predicted octanol–water partition coefficient (Wildman–Crippen LogP) is 4.92. The van der Waals surface area contributed by atoms with Crippen molar-refractivity contribution in [3.8, 4) is 6.07 Å². The molecular weight excluding hydrogens is 267 g/mol. The van der Waals surface area contributed by atoms with Crippen LogP contribution in [0.5, 0.6) is 0 Å². The maximum Gasteiger partial charge on any atom is 0.101 e. The quantitative estimate of drug-likeness (QED) is 0.845.